The van der Waals surface area contributed by atoms with Crippen LogP contribution < -0.4 is 14.8 Å². The number of benzene rings is 2. The minimum absolute atomic E-state index is 0.0697. The van der Waals surface area contributed by atoms with Crippen LogP contribution in [-0.2, 0) is 17.6 Å². The van der Waals surface area contributed by atoms with Crippen molar-refractivity contribution in [2.75, 3.05) is 20.8 Å². The number of nitrogens with zero attached hydrogens (tertiary/aromatic N) is 1. The summed E-state index contributed by atoms with van der Waals surface area (Å²) in [6, 6.07) is 10.9. The fraction of sp³-hybridized carbons (Fsp3) is 0.273. The van der Waals surface area contributed by atoms with Gasteiger partial charge in [0.15, 0.2) is 23.1 Å². The monoisotopic (exact) mass is 448 g/mol. The van der Waals surface area contributed by atoms with Gasteiger partial charge in [-0.2, -0.15) is 0 Å². The van der Waals surface area contributed by atoms with Gasteiger partial charge in [-0.1, -0.05) is 29.3 Å². The number of aromatic nitrogens is 1. The quantitative estimate of drug-likeness (QED) is 0.500. The van der Waals surface area contributed by atoms with Gasteiger partial charge in [0.25, 0.3) is 0 Å². The van der Waals surface area contributed by atoms with Crippen molar-refractivity contribution in [2.24, 2.45) is 0 Å². The average Bonchev–Trinajstić information content (AvgIpc) is 3.20. The highest BCUT2D eigenvalue weighted by Gasteiger charge is 2.12. The van der Waals surface area contributed by atoms with Crippen molar-refractivity contribution in [1.29, 1.82) is 0 Å². The lowest BCUT2D eigenvalue weighted by Crippen LogP contribution is -2.25. The van der Waals surface area contributed by atoms with Crippen LogP contribution in [0.2, 0.25) is 10.0 Å². The highest BCUT2D eigenvalue weighted by atomic mass is 35.5. The zero-order valence-corrected chi connectivity index (χ0v) is 18.2. The largest absolute Gasteiger partial charge is 0.493 e. The molecular weight excluding hydrogens is 427 g/mol. The molecule has 0 spiro atoms. The minimum Gasteiger partial charge on any atom is -0.493 e. The van der Waals surface area contributed by atoms with Crippen LogP contribution in [0.5, 0.6) is 11.5 Å². The van der Waals surface area contributed by atoms with E-state index in [1.165, 1.54) is 0 Å². The van der Waals surface area contributed by atoms with E-state index in [2.05, 4.69) is 10.3 Å². The van der Waals surface area contributed by atoms with Gasteiger partial charge >= 0.3 is 0 Å². The summed E-state index contributed by atoms with van der Waals surface area (Å²) in [5.41, 5.74) is 1.75. The van der Waals surface area contributed by atoms with Crippen molar-refractivity contribution in [3.63, 3.8) is 0 Å². The van der Waals surface area contributed by atoms with Crippen LogP contribution in [0.3, 0.4) is 0 Å². The van der Waals surface area contributed by atoms with Crippen LogP contribution in [0.25, 0.3) is 11.3 Å². The summed E-state index contributed by atoms with van der Waals surface area (Å²) in [6.45, 7) is 0.519. The number of halogens is 2. The number of carbonyl (C=O) groups excluding carboxylic acids is 1. The van der Waals surface area contributed by atoms with Crippen LogP contribution in [0, 0.1) is 0 Å². The smallest absolute Gasteiger partial charge is 0.220 e. The van der Waals surface area contributed by atoms with Gasteiger partial charge in [-0.05, 0) is 42.3 Å². The molecule has 0 atom stereocenters. The number of aryl methyl sites for hydroxylation is 1. The first-order chi connectivity index (χ1) is 14.5. The lowest BCUT2D eigenvalue weighted by molar-refractivity contribution is -0.121. The number of ether oxygens (including phenoxy) is 2. The summed E-state index contributed by atoms with van der Waals surface area (Å²) >= 11 is 12.1. The molecule has 0 fully saturated rings. The Morgan fingerprint density at radius 3 is 2.60 bits per heavy atom. The molecule has 0 unspecified atom stereocenters. The van der Waals surface area contributed by atoms with Crippen LogP contribution in [0.1, 0.15) is 17.9 Å². The number of hydrogen-bond donors (Lipinski definition) is 1. The van der Waals surface area contributed by atoms with Gasteiger partial charge in [0.2, 0.25) is 5.91 Å². The molecule has 1 N–H and O–H groups in total. The third-order valence-corrected chi connectivity index (χ3v) is 5.05. The first-order valence-electron chi connectivity index (χ1n) is 9.38. The standard InChI is InChI=1S/C22H22Cl2N2O4/c1-28-18-6-3-14(11-19(18)29-2)9-10-25-21(27)7-8-22-26-13-20(30-22)16-5-4-15(23)12-17(16)24/h3-6,11-13H,7-10H2,1-2H3,(H,25,27). The third kappa shape index (κ3) is 5.68. The second-order valence-electron chi connectivity index (χ2n) is 6.53. The van der Waals surface area contributed by atoms with Crippen molar-refractivity contribution in [3.05, 3.63) is 64.1 Å². The van der Waals surface area contributed by atoms with E-state index in [1.54, 1.807) is 38.6 Å². The van der Waals surface area contributed by atoms with Gasteiger partial charge in [-0.15, -0.1) is 0 Å². The predicted octanol–water partition coefficient (Wildman–Crippen LogP) is 4.96. The van der Waals surface area contributed by atoms with E-state index >= 15 is 0 Å². The number of methoxy groups -OCH3 is 2. The highest BCUT2D eigenvalue weighted by Crippen LogP contribution is 2.31. The van der Waals surface area contributed by atoms with E-state index in [-0.39, 0.29) is 12.3 Å². The minimum atomic E-state index is -0.0697. The van der Waals surface area contributed by atoms with Crippen LogP contribution >= 0.6 is 23.2 Å². The number of amides is 1. The summed E-state index contributed by atoms with van der Waals surface area (Å²) in [4.78, 5) is 16.4. The zero-order chi connectivity index (χ0) is 21.5. The summed E-state index contributed by atoms with van der Waals surface area (Å²) in [6.07, 6.45) is 2.96. The number of carbonyl (C=O) groups is 1. The molecular formula is C22H22Cl2N2O4. The molecule has 0 aliphatic heterocycles. The fourth-order valence-electron chi connectivity index (χ4n) is 2.93. The second kappa shape index (κ2) is 10.4. The highest BCUT2D eigenvalue weighted by molar-refractivity contribution is 6.36. The topological polar surface area (TPSA) is 73.6 Å². The van der Waals surface area contributed by atoms with Crippen LogP contribution in [-0.4, -0.2) is 31.7 Å². The lowest BCUT2D eigenvalue weighted by atomic mass is 10.1. The zero-order valence-electron chi connectivity index (χ0n) is 16.7. The van der Waals surface area contributed by atoms with Gasteiger partial charge in [-0.3, -0.25) is 4.79 Å². The Labute approximate surface area is 185 Å². The van der Waals surface area contributed by atoms with E-state index in [9.17, 15) is 4.79 Å². The molecule has 8 heteroatoms. The molecule has 0 saturated heterocycles. The maximum Gasteiger partial charge on any atom is 0.220 e. The average molecular weight is 449 g/mol. The molecule has 0 bridgehead atoms. The van der Waals surface area contributed by atoms with Crippen molar-refractivity contribution in [2.45, 2.75) is 19.3 Å². The van der Waals surface area contributed by atoms with Gasteiger partial charge in [0.05, 0.1) is 25.4 Å². The first-order valence-corrected chi connectivity index (χ1v) is 10.1. The van der Waals surface area contributed by atoms with E-state index in [1.807, 2.05) is 18.2 Å². The van der Waals surface area contributed by atoms with Gasteiger partial charge in [0.1, 0.15) is 0 Å². The molecule has 2 aromatic carbocycles. The number of nitrogens with one attached hydrogen (secondary N) is 1. The Morgan fingerprint density at radius 2 is 1.87 bits per heavy atom. The molecule has 30 heavy (non-hydrogen) atoms. The van der Waals surface area contributed by atoms with E-state index < -0.39 is 0 Å². The molecule has 0 radical (unpaired) electrons. The Morgan fingerprint density at radius 1 is 1.07 bits per heavy atom. The summed E-state index contributed by atoms with van der Waals surface area (Å²) < 4.78 is 16.2. The molecule has 0 aliphatic carbocycles. The molecule has 0 saturated carbocycles. The molecule has 0 aliphatic rings. The van der Waals surface area contributed by atoms with Crippen LogP contribution in [0.4, 0.5) is 0 Å². The van der Waals surface area contributed by atoms with E-state index in [4.69, 9.17) is 37.1 Å². The van der Waals surface area contributed by atoms with Crippen molar-refractivity contribution >= 4 is 29.1 Å². The van der Waals surface area contributed by atoms with Crippen LogP contribution in [0.15, 0.2) is 47.0 Å². The van der Waals surface area contributed by atoms with E-state index in [0.717, 1.165) is 5.56 Å². The Balaban J connectivity index is 1.47. The molecule has 6 nitrogen and oxygen atoms in total. The van der Waals surface area contributed by atoms with Crippen molar-refractivity contribution in [1.82, 2.24) is 10.3 Å². The second-order valence-corrected chi connectivity index (χ2v) is 7.38. The lowest BCUT2D eigenvalue weighted by Gasteiger charge is -2.10. The number of rotatable bonds is 9. The summed E-state index contributed by atoms with van der Waals surface area (Å²) in [5.74, 6) is 2.30. The summed E-state index contributed by atoms with van der Waals surface area (Å²) in [7, 11) is 3.19. The number of oxazole rings is 1. The molecule has 158 valence electrons. The van der Waals surface area contributed by atoms with Gasteiger partial charge in [0, 0.05) is 30.0 Å². The summed E-state index contributed by atoms with van der Waals surface area (Å²) in [5, 5.41) is 3.94. The third-order valence-electron chi connectivity index (χ3n) is 4.50. The Bertz CT molecular complexity index is 1020. The Hall–Kier alpha value is -2.70. The Kier molecular flexibility index (Phi) is 7.60. The van der Waals surface area contributed by atoms with Gasteiger partial charge < -0.3 is 19.2 Å². The van der Waals surface area contributed by atoms with Crippen molar-refractivity contribution in [3.8, 4) is 22.8 Å². The SMILES string of the molecule is COc1ccc(CCNC(=O)CCc2ncc(-c3ccc(Cl)cc3Cl)o2)cc1OC. The van der Waals surface area contributed by atoms with E-state index in [0.29, 0.717) is 58.1 Å². The molecule has 1 aromatic heterocycles. The molecule has 1 amide bonds. The predicted molar refractivity (Wildman–Crippen MR) is 117 cm³/mol. The first kappa shape index (κ1) is 22.0. The molecule has 3 aromatic rings. The van der Waals surface area contributed by atoms with Crippen molar-refractivity contribution < 1.29 is 18.7 Å². The normalized spacial score (nSPS) is 10.7. The van der Waals surface area contributed by atoms with Gasteiger partial charge in [-0.25, -0.2) is 4.98 Å². The maximum atomic E-state index is 12.1. The number of hydrogen-bond acceptors (Lipinski definition) is 5. The fourth-order valence-corrected chi connectivity index (χ4v) is 3.43. The molecule has 1 heterocycles. The molecule has 3 rings (SSSR count). The maximum absolute atomic E-state index is 12.1.